The highest BCUT2D eigenvalue weighted by Gasteiger charge is 2.33. The second-order valence-corrected chi connectivity index (χ2v) is 8.25. The van der Waals surface area contributed by atoms with Crippen molar-refractivity contribution in [1.82, 2.24) is 0 Å². The van der Waals surface area contributed by atoms with Gasteiger partial charge in [-0.1, -0.05) is 17.7 Å². The van der Waals surface area contributed by atoms with Gasteiger partial charge in [0.2, 0.25) is 10.0 Å². The van der Waals surface area contributed by atoms with Crippen molar-refractivity contribution in [3.8, 4) is 0 Å². The van der Waals surface area contributed by atoms with Gasteiger partial charge in [0.05, 0.1) is 22.5 Å². The van der Waals surface area contributed by atoms with Crippen LogP contribution < -0.4 is 9.62 Å². The summed E-state index contributed by atoms with van der Waals surface area (Å²) >= 11 is 5.56. The van der Waals surface area contributed by atoms with Gasteiger partial charge in [-0.15, -0.1) is 0 Å². The van der Waals surface area contributed by atoms with Gasteiger partial charge in [-0.05, 0) is 42.8 Å². The fourth-order valence-corrected chi connectivity index (χ4v) is 3.19. The van der Waals surface area contributed by atoms with Crippen molar-refractivity contribution >= 4 is 38.9 Å². The smallest absolute Gasteiger partial charge is 0.322 e. The lowest BCUT2D eigenvalue weighted by molar-refractivity contribution is -0.137. The lowest BCUT2D eigenvalue weighted by Crippen LogP contribution is -2.26. The van der Waals surface area contributed by atoms with Gasteiger partial charge >= 0.3 is 6.18 Å². The van der Waals surface area contributed by atoms with Crippen molar-refractivity contribution in [2.75, 3.05) is 22.9 Å². The molecule has 5 nitrogen and oxygen atoms in total. The number of hydrogen-bond donors (Lipinski definition) is 1. The first-order valence-electron chi connectivity index (χ1n) is 7.54. The van der Waals surface area contributed by atoms with Crippen molar-refractivity contribution in [1.29, 1.82) is 0 Å². The number of halogens is 4. The van der Waals surface area contributed by atoms with E-state index < -0.39 is 32.7 Å². The molecule has 1 amide bonds. The van der Waals surface area contributed by atoms with Crippen molar-refractivity contribution < 1.29 is 26.4 Å². The van der Waals surface area contributed by atoms with Crippen LogP contribution in [0.5, 0.6) is 0 Å². The molecule has 27 heavy (non-hydrogen) atoms. The van der Waals surface area contributed by atoms with Crippen LogP contribution in [0, 0.1) is 6.92 Å². The van der Waals surface area contributed by atoms with Crippen molar-refractivity contribution in [2.24, 2.45) is 0 Å². The van der Waals surface area contributed by atoms with E-state index in [-0.39, 0.29) is 16.9 Å². The van der Waals surface area contributed by atoms with E-state index in [2.05, 4.69) is 5.32 Å². The zero-order valence-electron chi connectivity index (χ0n) is 14.6. The molecule has 146 valence electrons. The Morgan fingerprint density at radius 2 is 1.81 bits per heavy atom. The van der Waals surface area contributed by atoms with Crippen molar-refractivity contribution in [3.63, 3.8) is 0 Å². The highest BCUT2D eigenvalue weighted by molar-refractivity contribution is 7.92. The lowest BCUT2D eigenvalue weighted by Gasteiger charge is -2.20. The van der Waals surface area contributed by atoms with Gasteiger partial charge in [0.1, 0.15) is 0 Å². The Hall–Kier alpha value is -2.26. The minimum atomic E-state index is -4.66. The number of anilines is 2. The third-order valence-electron chi connectivity index (χ3n) is 3.92. The Morgan fingerprint density at radius 1 is 1.19 bits per heavy atom. The SMILES string of the molecule is Cc1c(C(=O)Nc2ccc(Cl)c(C(F)(F)F)c2)cccc1N(C)S(C)(=O)=O. The zero-order chi connectivity index (χ0) is 20.6. The largest absolute Gasteiger partial charge is 0.417 e. The minimum Gasteiger partial charge on any atom is -0.322 e. The van der Waals surface area contributed by atoms with Gasteiger partial charge in [-0.3, -0.25) is 9.10 Å². The Kier molecular flexibility index (Phi) is 5.77. The number of alkyl halides is 3. The van der Waals surface area contributed by atoms with Crippen LogP contribution >= 0.6 is 11.6 Å². The number of nitrogens with one attached hydrogen (secondary N) is 1. The highest BCUT2D eigenvalue weighted by atomic mass is 35.5. The van der Waals surface area contributed by atoms with Crippen LogP contribution in [0.3, 0.4) is 0 Å². The number of amides is 1. The summed E-state index contributed by atoms with van der Waals surface area (Å²) in [4.78, 5) is 12.5. The first kappa shape index (κ1) is 21.0. The number of sulfonamides is 1. The average Bonchev–Trinajstić information content (AvgIpc) is 2.54. The van der Waals surface area contributed by atoms with Crippen LogP contribution in [0.2, 0.25) is 5.02 Å². The molecule has 2 rings (SSSR count). The fourth-order valence-electron chi connectivity index (χ4n) is 2.41. The summed E-state index contributed by atoms with van der Waals surface area (Å²) < 4.78 is 63.3. The molecule has 2 aromatic rings. The van der Waals surface area contributed by atoms with Crippen molar-refractivity contribution in [2.45, 2.75) is 13.1 Å². The normalized spacial score (nSPS) is 12.0. The van der Waals surface area contributed by atoms with E-state index in [1.54, 1.807) is 6.92 Å². The molecule has 0 fully saturated rings. The molecule has 0 unspecified atom stereocenters. The maximum Gasteiger partial charge on any atom is 0.417 e. The van der Waals surface area contributed by atoms with Gasteiger partial charge in [-0.25, -0.2) is 8.42 Å². The maximum absolute atomic E-state index is 12.9. The van der Waals surface area contributed by atoms with Crippen LogP contribution in [-0.2, 0) is 16.2 Å². The van der Waals surface area contributed by atoms with Gasteiger partial charge in [0.25, 0.3) is 5.91 Å². The summed E-state index contributed by atoms with van der Waals surface area (Å²) in [5, 5.41) is 1.90. The summed E-state index contributed by atoms with van der Waals surface area (Å²) in [6, 6.07) is 7.49. The summed E-state index contributed by atoms with van der Waals surface area (Å²) in [6.07, 6.45) is -3.64. The van der Waals surface area contributed by atoms with E-state index in [9.17, 15) is 26.4 Å². The Balaban J connectivity index is 2.38. The molecule has 0 aliphatic rings. The van der Waals surface area contributed by atoms with Crippen molar-refractivity contribution in [3.05, 3.63) is 58.1 Å². The monoisotopic (exact) mass is 420 g/mol. The predicted octanol–water partition coefficient (Wildman–Crippen LogP) is 4.32. The quantitative estimate of drug-likeness (QED) is 0.801. The molecule has 0 aliphatic carbocycles. The first-order valence-corrected chi connectivity index (χ1v) is 9.76. The zero-order valence-corrected chi connectivity index (χ0v) is 16.1. The second kappa shape index (κ2) is 7.40. The van der Waals surface area contributed by atoms with Gasteiger partial charge in [0, 0.05) is 18.3 Å². The molecule has 0 heterocycles. The standard InChI is InChI=1S/C17H16ClF3N2O3S/c1-10-12(5-4-6-15(10)23(2)27(3,25)26)16(24)22-11-7-8-14(18)13(9-11)17(19,20)21/h4-9H,1-3H3,(H,22,24). The Morgan fingerprint density at radius 3 is 2.37 bits per heavy atom. The molecule has 0 spiro atoms. The molecule has 0 saturated carbocycles. The Labute approximate surface area is 159 Å². The molecular formula is C17H16ClF3N2O3S. The van der Waals surface area contributed by atoms with Gasteiger partial charge in [-0.2, -0.15) is 13.2 Å². The minimum absolute atomic E-state index is 0.0852. The maximum atomic E-state index is 12.9. The van der Waals surface area contributed by atoms with E-state index in [1.807, 2.05) is 0 Å². The molecule has 0 radical (unpaired) electrons. The van der Waals surface area contributed by atoms with E-state index in [0.29, 0.717) is 5.56 Å². The topological polar surface area (TPSA) is 66.5 Å². The van der Waals surface area contributed by atoms with Gasteiger partial charge < -0.3 is 5.32 Å². The molecule has 0 aromatic heterocycles. The number of carbonyl (C=O) groups excluding carboxylic acids is 1. The summed E-state index contributed by atoms with van der Waals surface area (Å²) in [5.74, 6) is -0.674. The van der Waals surface area contributed by atoms with Crippen LogP contribution in [0.25, 0.3) is 0 Å². The first-order chi connectivity index (χ1) is 12.3. The summed E-state index contributed by atoms with van der Waals surface area (Å²) in [6.45, 7) is 1.55. The second-order valence-electron chi connectivity index (χ2n) is 5.83. The van der Waals surface area contributed by atoms with Crippen LogP contribution in [0.15, 0.2) is 36.4 Å². The molecule has 2 aromatic carbocycles. The van der Waals surface area contributed by atoms with Crippen LogP contribution in [0.1, 0.15) is 21.5 Å². The molecule has 0 saturated heterocycles. The fraction of sp³-hybridized carbons (Fsp3) is 0.235. The van der Waals surface area contributed by atoms with E-state index in [1.165, 1.54) is 31.3 Å². The number of hydrogen-bond acceptors (Lipinski definition) is 3. The molecular weight excluding hydrogens is 405 g/mol. The number of rotatable bonds is 4. The highest BCUT2D eigenvalue weighted by Crippen LogP contribution is 2.36. The third kappa shape index (κ3) is 4.72. The van der Waals surface area contributed by atoms with Crippen LogP contribution in [0.4, 0.5) is 24.5 Å². The molecule has 0 bridgehead atoms. The van der Waals surface area contributed by atoms with E-state index in [4.69, 9.17) is 11.6 Å². The average molecular weight is 421 g/mol. The number of nitrogens with zero attached hydrogens (tertiary/aromatic N) is 1. The summed E-state index contributed by atoms with van der Waals surface area (Å²) in [5.41, 5.74) is -0.362. The molecule has 0 atom stereocenters. The van der Waals surface area contributed by atoms with Crippen LogP contribution in [-0.4, -0.2) is 27.6 Å². The predicted molar refractivity (Wildman–Crippen MR) is 98.8 cm³/mol. The molecule has 1 N–H and O–H groups in total. The van der Waals surface area contributed by atoms with E-state index >= 15 is 0 Å². The molecule has 0 aliphatic heterocycles. The Bertz CT molecular complexity index is 991. The summed E-state index contributed by atoms with van der Waals surface area (Å²) in [7, 11) is -2.20. The van der Waals surface area contributed by atoms with E-state index in [0.717, 1.165) is 22.7 Å². The molecule has 10 heteroatoms. The lowest BCUT2D eigenvalue weighted by atomic mass is 10.1. The number of benzene rings is 2. The third-order valence-corrected chi connectivity index (χ3v) is 5.44. The number of carbonyl (C=O) groups is 1. The van der Waals surface area contributed by atoms with Gasteiger partial charge in [0.15, 0.2) is 0 Å².